The second-order valence-electron chi connectivity index (χ2n) is 5.18. The van der Waals surface area contributed by atoms with Crippen molar-refractivity contribution < 1.29 is 13.2 Å². The highest BCUT2D eigenvalue weighted by molar-refractivity contribution is 6.12. The summed E-state index contributed by atoms with van der Waals surface area (Å²) in [4.78, 5) is 3.73. The number of benzene rings is 2. The summed E-state index contributed by atoms with van der Waals surface area (Å²) in [7, 11) is 0. The molecule has 4 rings (SSSR count). The first kappa shape index (κ1) is 13.1. The predicted molar refractivity (Wildman–Crippen MR) is 77.7 cm³/mol. The molecule has 0 N–H and O–H groups in total. The lowest BCUT2D eigenvalue weighted by molar-refractivity contribution is -0.144. The predicted octanol–water partition coefficient (Wildman–Crippen LogP) is 4.36. The Morgan fingerprint density at radius 2 is 1.68 bits per heavy atom. The zero-order chi connectivity index (χ0) is 15.5. The molecule has 3 nitrogen and oxygen atoms in total. The van der Waals surface area contributed by atoms with Gasteiger partial charge in [0.1, 0.15) is 0 Å². The van der Waals surface area contributed by atoms with Gasteiger partial charge in [-0.15, -0.1) is 5.10 Å². The molecule has 0 spiro atoms. The topological polar surface area (TPSA) is 30.2 Å². The molecular formula is C16H10F3N3. The van der Waals surface area contributed by atoms with Crippen LogP contribution in [0.1, 0.15) is 11.4 Å². The van der Waals surface area contributed by atoms with Crippen LogP contribution in [0.15, 0.2) is 42.5 Å². The Morgan fingerprint density at radius 3 is 2.45 bits per heavy atom. The van der Waals surface area contributed by atoms with Crippen LogP contribution < -0.4 is 0 Å². The van der Waals surface area contributed by atoms with Gasteiger partial charge in [-0.3, -0.25) is 0 Å². The van der Waals surface area contributed by atoms with Crippen molar-refractivity contribution in [1.82, 2.24) is 14.6 Å². The Kier molecular flexibility index (Phi) is 2.49. The van der Waals surface area contributed by atoms with E-state index in [1.807, 2.05) is 31.2 Å². The van der Waals surface area contributed by atoms with Crippen LogP contribution in [-0.4, -0.2) is 14.6 Å². The number of halogens is 3. The van der Waals surface area contributed by atoms with Gasteiger partial charge in [0, 0.05) is 10.8 Å². The van der Waals surface area contributed by atoms with Crippen LogP contribution >= 0.6 is 0 Å². The number of rotatable bonds is 0. The number of nitrogens with zero attached hydrogens (tertiary/aromatic N) is 3. The second-order valence-corrected chi connectivity index (χ2v) is 5.18. The van der Waals surface area contributed by atoms with Crippen molar-refractivity contribution in [2.75, 3.05) is 0 Å². The quantitative estimate of drug-likeness (QED) is 0.452. The van der Waals surface area contributed by atoms with E-state index in [2.05, 4.69) is 10.1 Å². The molecule has 2 aromatic heterocycles. The fourth-order valence-electron chi connectivity index (χ4n) is 2.86. The molecule has 0 aliphatic heterocycles. The lowest BCUT2D eigenvalue weighted by Gasteiger charge is -2.08. The SMILES string of the molecule is Cc1cccc2c1c1ccccc1n1nc(C(F)(F)F)nc21. The monoisotopic (exact) mass is 301 g/mol. The van der Waals surface area contributed by atoms with Crippen molar-refractivity contribution in [2.45, 2.75) is 13.1 Å². The largest absolute Gasteiger partial charge is 0.453 e. The lowest BCUT2D eigenvalue weighted by Crippen LogP contribution is -2.07. The molecule has 22 heavy (non-hydrogen) atoms. The van der Waals surface area contributed by atoms with E-state index in [1.54, 1.807) is 18.2 Å². The fourth-order valence-corrected chi connectivity index (χ4v) is 2.86. The van der Waals surface area contributed by atoms with Gasteiger partial charge in [0.2, 0.25) is 0 Å². The summed E-state index contributed by atoms with van der Waals surface area (Å²) in [6.45, 7) is 1.94. The maximum atomic E-state index is 13.0. The van der Waals surface area contributed by atoms with Crippen LogP contribution in [0, 0.1) is 6.92 Å². The molecule has 4 aromatic rings. The molecule has 6 heteroatoms. The van der Waals surface area contributed by atoms with E-state index in [4.69, 9.17) is 0 Å². The maximum absolute atomic E-state index is 13.0. The highest BCUT2D eigenvalue weighted by Gasteiger charge is 2.36. The van der Waals surface area contributed by atoms with E-state index < -0.39 is 12.0 Å². The summed E-state index contributed by atoms with van der Waals surface area (Å²) in [6, 6.07) is 12.8. The van der Waals surface area contributed by atoms with E-state index in [0.717, 1.165) is 16.3 Å². The minimum Gasteiger partial charge on any atom is -0.212 e. The van der Waals surface area contributed by atoms with E-state index in [9.17, 15) is 13.2 Å². The molecule has 0 unspecified atom stereocenters. The maximum Gasteiger partial charge on any atom is 0.453 e. The first-order valence-electron chi connectivity index (χ1n) is 6.71. The van der Waals surface area contributed by atoms with Crippen molar-refractivity contribution in [3.63, 3.8) is 0 Å². The molecule has 0 bridgehead atoms. The van der Waals surface area contributed by atoms with Crippen molar-refractivity contribution in [1.29, 1.82) is 0 Å². The molecule has 0 radical (unpaired) electrons. The van der Waals surface area contributed by atoms with Crippen LogP contribution in [0.25, 0.3) is 27.3 Å². The van der Waals surface area contributed by atoms with E-state index in [-0.39, 0.29) is 5.65 Å². The minimum absolute atomic E-state index is 0.227. The first-order chi connectivity index (χ1) is 10.5. The third-order valence-corrected chi connectivity index (χ3v) is 3.78. The third kappa shape index (κ3) is 1.70. The first-order valence-corrected chi connectivity index (χ1v) is 6.71. The second kappa shape index (κ2) is 4.19. The highest BCUT2D eigenvalue weighted by atomic mass is 19.4. The van der Waals surface area contributed by atoms with Crippen molar-refractivity contribution in [2.24, 2.45) is 0 Å². The summed E-state index contributed by atoms with van der Waals surface area (Å²) in [5, 5.41) is 6.11. The van der Waals surface area contributed by atoms with Gasteiger partial charge in [-0.1, -0.05) is 36.4 Å². The molecule has 110 valence electrons. The van der Waals surface area contributed by atoms with Gasteiger partial charge in [0.05, 0.1) is 5.52 Å². The van der Waals surface area contributed by atoms with Gasteiger partial charge in [0.15, 0.2) is 5.65 Å². The summed E-state index contributed by atoms with van der Waals surface area (Å²) >= 11 is 0. The van der Waals surface area contributed by atoms with Gasteiger partial charge in [-0.2, -0.15) is 13.2 Å². The summed E-state index contributed by atoms with van der Waals surface area (Å²) in [5.74, 6) is -1.12. The molecule has 0 aliphatic rings. The number of para-hydroxylation sites is 1. The van der Waals surface area contributed by atoms with Crippen molar-refractivity contribution in [3.05, 3.63) is 53.9 Å². The highest BCUT2D eigenvalue weighted by Crippen LogP contribution is 2.33. The number of fused-ring (bicyclic) bond motifs is 6. The Balaban J connectivity index is 2.32. The Hall–Kier alpha value is -2.63. The third-order valence-electron chi connectivity index (χ3n) is 3.78. The minimum atomic E-state index is -4.57. The van der Waals surface area contributed by atoms with Crippen molar-refractivity contribution in [3.8, 4) is 0 Å². The molecule has 2 aromatic carbocycles. The smallest absolute Gasteiger partial charge is 0.212 e. The normalized spacial score (nSPS) is 12.5. The number of hydrogen-bond acceptors (Lipinski definition) is 2. The van der Waals surface area contributed by atoms with Gasteiger partial charge in [0.25, 0.3) is 5.82 Å². The van der Waals surface area contributed by atoms with Crippen LogP contribution in [0.2, 0.25) is 0 Å². The molecule has 0 saturated carbocycles. The van der Waals surface area contributed by atoms with Crippen molar-refractivity contribution >= 4 is 27.3 Å². The van der Waals surface area contributed by atoms with Crippen LogP contribution in [0.5, 0.6) is 0 Å². The summed E-state index contributed by atoms with van der Waals surface area (Å²) < 4.78 is 40.2. The molecule has 0 fully saturated rings. The Bertz CT molecular complexity index is 1030. The average molecular weight is 301 g/mol. The summed E-state index contributed by atoms with van der Waals surface area (Å²) in [6.07, 6.45) is -4.57. The standard InChI is InChI=1S/C16H10F3N3/c1-9-5-4-7-11-13(9)10-6-2-3-8-12(10)22-14(11)20-15(21-22)16(17,18)19/h2-8H,1H3. The van der Waals surface area contributed by atoms with Gasteiger partial charge < -0.3 is 0 Å². The number of hydrogen-bond donors (Lipinski definition) is 0. The number of pyridine rings is 1. The molecule has 0 amide bonds. The molecule has 0 saturated heterocycles. The molecular weight excluding hydrogens is 291 g/mol. The number of aromatic nitrogens is 3. The van der Waals surface area contributed by atoms with Crippen LogP contribution in [-0.2, 0) is 6.18 Å². The van der Waals surface area contributed by atoms with E-state index in [0.29, 0.717) is 10.9 Å². The zero-order valence-corrected chi connectivity index (χ0v) is 11.5. The van der Waals surface area contributed by atoms with Crippen LogP contribution in [0.4, 0.5) is 13.2 Å². The van der Waals surface area contributed by atoms with Gasteiger partial charge in [-0.05, 0) is 23.9 Å². The van der Waals surface area contributed by atoms with Gasteiger partial charge >= 0.3 is 6.18 Å². The van der Waals surface area contributed by atoms with Gasteiger partial charge in [-0.25, -0.2) is 9.50 Å². The van der Waals surface area contributed by atoms with E-state index >= 15 is 0 Å². The molecule has 0 aliphatic carbocycles. The Morgan fingerprint density at radius 1 is 0.955 bits per heavy atom. The molecule has 2 heterocycles. The average Bonchev–Trinajstić information content (AvgIpc) is 2.93. The fraction of sp³-hybridized carbons (Fsp3) is 0.125. The Labute approximate surface area is 123 Å². The lowest BCUT2D eigenvalue weighted by atomic mass is 10.0. The molecule has 0 atom stereocenters. The number of aryl methyl sites for hydroxylation is 1. The summed E-state index contributed by atoms with van der Waals surface area (Å²) in [5.41, 5.74) is 1.83. The van der Waals surface area contributed by atoms with E-state index in [1.165, 1.54) is 4.52 Å². The number of alkyl halides is 3. The zero-order valence-electron chi connectivity index (χ0n) is 11.5. The van der Waals surface area contributed by atoms with Crippen LogP contribution in [0.3, 0.4) is 0 Å².